The highest BCUT2D eigenvalue weighted by Crippen LogP contribution is 2.49. The smallest absolute Gasteiger partial charge is 0.411 e. The molecule has 302 valence electrons. The van der Waals surface area contributed by atoms with Crippen LogP contribution in [0.25, 0.3) is 5.69 Å². The first kappa shape index (κ1) is 40.9. The molecule has 1 aliphatic carbocycles. The maximum absolute atomic E-state index is 15.8. The molecule has 0 unspecified atom stereocenters. The third kappa shape index (κ3) is 8.24. The van der Waals surface area contributed by atoms with Crippen LogP contribution in [-0.2, 0) is 15.1 Å². The molecule has 0 radical (unpaired) electrons. The van der Waals surface area contributed by atoms with Gasteiger partial charge in [-0.2, -0.15) is 32.1 Å². The second kappa shape index (κ2) is 15.0. The Morgan fingerprint density at radius 1 is 1.09 bits per heavy atom. The van der Waals surface area contributed by atoms with Gasteiger partial charge < -0.3 is 15.4 Å². The van der Waals surface area contributed by atoms with Crippen LogP contribution in [0.1, 0.15) is 87.1 Å². The summed E-state index contributed by atoms with van der Waals surface area (Å²) in [4.78, 5) is 32.1. The fourth-order valence-corrected chi connectivity index (χ4v) is 6.66. The van der Waals surface area contributed by atoms with E-state index in [2.05, 4.69) is 32.3 Å². The first-order valence-electron chi connectivity index (χ1n) is 17.0. The molecule has 3 heterocycles. The van der Waals surface area contributed by atoms with Crippen molar-refractivity contribution in [1.29, 1.82) is 5.41 Å². The lowest BCUT2D eigenvalue weighted by molar-refractivity contribution is -0.164. The number of hydrogen-bond acceptors (Lipinski definition) is 7. The number of rotatable bonds is 10. The highest BCUT2D eigenvalue weighted by molar-refractivity contribution is 6.32. The summed E-state index contributed by atoms with van der Waals surface area (Å²) in [7, 11) is 0. The minimum absolute atomic E-state index is 0.0216. The van der Waals surface area contributed by atoms with Crippen molar-refractivity contribution >= 4 is 29.6 Å². The molecule has 2 aromatic carbocycles. The topological polar surface area (TPSA) is 143 Å². The van der Waals surface area contributed by atoms with Gasteiger partial charge >= 0.3 is 18.8 Å². The van der Waals surface area contributed by atoms with Crippen molar-refractivity contribution in [2.45, 2.75) is 76.3 Å². The van der Waals surface area contributed by atoms with Gasteiger partial charge in [-0.3, -0.25) is 15.1 Å². The molecule has 21 heteroatoms. The quantitative estimate of drug-likeness (QED) is 0.111. The van der Waals surface area contributed by atoms with Crippen LogP contribution in [0.4, 0.5) is 39.9 Å². The van der Waals surface area contributed by atoms with Crippen LogP contribution in [0.2, 0.25) is 5.02 Å². The minimum atomic E-state index is -4.78. The third-order valence-electron chi connectivity index (χ3n) is 9.23. The van der Waals surface area contributed by atoms with Gasteiger partial charge in [0.25, 0.3) is 12.3 Å². The number of alkyl carbamates (subject to hydrolysis) is 1. The van der Waals surface area contributed by atoms with E-state index >= 15 is 4.39 Å². The minimum Gasteiger partial charge on any atom is -0.447 e. The van der Waals surface area contributed by atoms with Gasteiger partial charge in [0.05, 0.1) is 34.1 Å². The van der Waals surface area contributed by atoms with Crippen LogP contribution in [0, 0.1) is 28.5 Å². The van der Waals surface area contributed by atoms with Gasteiger partial charge in [0, 0.05) is 6.20 Å². The van der Waals surface area contributed by atoms with Gasteiger partial charge in [-0.25, -0.2) is 32.3 Å². The molecule has 0 spiro atoms. The van der Waals surface area contributed by atoms with Crippen LogP contribution < -0.4 is 10.6 Å². The predicted octanol–water partition coefficient (Wildman–Crippen LogP) is 7.55. The number of halogens is 9. The zero-order valence-electron chi connectivity index (χ0n) is 30.1. The Morgan fingerprint density at radius 2 is 1.81 bits per heavy atom. The van der Waals surface area contributed by atoms with E-state index in [-0.39, 0.29) is 39.4 Å². The Labute approximate surface area is 324 Å². The summed E-state index contributed by atoms with van der Waals surface area (Å²) in [5, 5.41) is 20.9. The molecular weight excluding hydrogens is 794 g/mol. The van der Waals surface area contributed by atoms with Crippen molar-refractivity contribution in [3.8, 4) is 17.5 Å². The van der Waals surface area contributed by atoms with Crippen LogP contribution in [0.5, 0.6) is 0 Å². The maximum atomic E-state index is 15.8. The van der Waals surface area contributed by atoms with Gasteiger partial charge in [0.15, 0.2) is 11.8 Å². The second-order valence-corrected chi connectivity index (χ2v) is 15.0. The molecular formula is C36H32ClF8N9O3. The van der Waals surface area contributed by atoms with Crippen molar-refractivity contribution in [1.82, 2.24) is 40.1 Å². The molecule has 2 amide bonds. The van der Waals surface area contributed by atoms with Gasteiger partial charge in [-0.05, 0) is 60.1 Å². The van der Waals surface area contributed by atoms with E-state index in [0.29, 0.717) is 4.68 Å². The van der Waals surface area contributed by atoms with E-state index in [1.165, 1.54) is 30.3 Å². The molecule has 2 aliphatic rings. The number of aromatic nitrogens is 5. The van der Waals surface area contributed by atoms with E-state index in [1.807, 2.05) is 5.32 Å². The summed E-state index contributed by atoms with van der Waals surface area (Å²) in [5.41, 5.74) is -5.27. The molecule has 1 saturated heterocycles. The van der Waals surface area contributed by atoms with E-state index < -0.39 is 90.7 Å². The number of ether oxygens (including phenoxy) is 1. The Morgan fingerprint density at radius 3 is 2.40 bits per heavy atom. The molecule has 2 atom stereocenters. The molecule has 3 N–H and O–H groups in total. The van der Waals surface area contributed by atoms with E-state index in [0.717, 1.165) is 34.4 Å². The fraction of sp³-hybridized carbons (Fsp3) is 0.389. The monoisotopic (exact) mass is 825 g/mol. The summed E-state index contributed by atoms with van der Waals surface area (Å²) in [6, 6.07) is 5.95. The van der Waals surface area contributed by atoms with E-state index in [1.54, 1.807) is 20.8 Å². The largest absolute Gasteiger partial charge is 0.447 e. The van der Waals surface area contributed by atoms with E-state index in [9.17, 15) is 40.3 Å². The maximum Gasteiger partial charge on any atom is 0.411 e. The van der Waals surface area contributed by atoms with E-state index in [4.69, 9.17) is 21.7 Å². The first-order valence-corrected chi connectivity index (χ1v) is 17.4. The average molecular weight is 826 g/mol. The number of nitrogens with zero attached hydrogens (tertiary/aromatic N) is 6. The van der Waals surface area contributed by atoms with Crippen LogP contribution in [-0.4, -0.2) is 65.7 Å². The van der Waals surface area contributed by atoms with Crippen LogP contribution in [0.15, 0.2) is 55.1 Å². The normalized spacial score (nSPS) is 18.4. The molecule has 1 saturated carbocycles. The average Bonchev–Trinajstić information content (AvgIpc) is 3.42. The lowest BCUT2D eigenvalue weighted by Gasteiger charge is -2.35. The fourth-order valence-electron chi connectivity index (χ4n) is 6.46. The summed E-state index contributed by atoms with van der Waals surface area (Å²) >= 11 is 6.38. The van der Waals surface area contributed by atoms with Crippen molar-refractivity contribution in [2.24, 2.45) is 5.41 Å². The Balaban J connectivity index is 1.40. The van der Waals surface area contributed by atoms with Crippen molar-refractivity contribution in [2.75, 3.05) is 6.61 Å². The SMILES string of the molecule is CC(C)(C)C[C@]1(c2ccc(C#Cc3cnn(C(F)F)c3)c(F)c2)NC(=N)N([C@H](COC(=O)NC2(C(F)(F)F)CC2)c2ccc(Cl)c(-n3ncnc3C(F)F)c2)C1=O. The zero-order valence-corrected chi connectivity index (χ0v) is 30.8. The van der Waals surface area contributed by atoms with Gasteiger partial charge in [0.1, 0.15) is 29.8 Å². The lowest BCUT2D eigenvalue weighted by atomic mass is 9.75. The summed E-state index contributed by atoms with van der Waals surface area (Å²) in [6.45, 7) is 1.55. The van der Waals surface area contributed by atoms with Crippen molar-refractivity contribution in [3.05, 3.63) is 94.0 Å². The number of carbonyl (C=O) groups excluding carboxylic acids is 2. The predicted molar refractivity (Wildman–Crippen MR) is 186 cm³/mol. The molecule has 0 bridgehead atoms. The second-order valence-electron chi connectivity index (χ2n) is 14.6. The van der Waals surface area contributed by atoms with Crippen molar-refractivity contribution < 1.29 is 49.4 Å². The number of amides is 2. The summed E-state index contributed by atoms with van der Waals surface area (Å²) < 4.78 is 117. The molecule has 2 fully saturated rings. The molecule has 1 aliphatic heterocycles. The molecule has 57 heavy (non-hydrogen) atoms. The summed E-state index contributed by atoms with van der Waals surface area (Å²) in [5.74, 6) is 1.93. The Hall–Kier alpha value is -5.71. The number of benzene rings is 2. The number of carbonyl (C=O) groups is 2. The number of nitrogens with one attached hydrogen (secondary N) is 3. The summed E-state index contributed by atoms with van der Waals surface area (Å²) in [6.07, 6.45) is -7.32. The standard InChI is InChI=1S/C36H32ClF8N9O3/c1-33(2,3)17-35(22-8-6-20(24(38)13-22)5-4-19-14-48-52(15-19)30(41)42)29(55)53(31(46)50-35)26(16-57-32(56)51-34(10-11-34)36(43,44)45)21-7-9-23(37)25(12-21)54-28(27(39)40)47-18-49-54/h6-9,12-15,18,26-27,30H,10-11,16-17H2,1-3H3,(H2,46,50)(H,51,56)/t26-,35-/m1/s1. The Kier molecular flexibility index (Phi) is 10.8. The molecule has 4 aromatic rings. The third-order valence-corrected chi connectivity index (χ3v) is 9.55. The van der Waals surface area contributed by atoms with Gasteiger partial charge in [-0.15, -0.1) is 0 Å². The lowest BCUT2D eigenvalue weighted by Crippen LogP contribution is -2.49. The molecule has 2 aromatic heterocycles. The van der Waals surface area contributed by atoms with Crippen LogP contribution in [0.3, 0.4) is 0 Å². The zero-order chi connectivity index (χ0) is 41.7. The number of alkyl halides is 7. The number of hydrogen-bond donors (Lipinski definition) is 3. The Bertz CT molecular complexity index is 2270. The molecule has 6 rings (SSSR count). The number of guanidine groups is 1. The van der Waals surface area contributed by atoms with Crippen LogP contribution >= 0.6 is 11.6 Å². The molecule has 12 nitrogen and oxygen atoms in total. The van der Waals surface area contributed by atoms with Gasteiger partial charge in [-0.1, -0.05) is 56.3 Å². The highest BCUT2D eigenvalue weighted by Gasteiger charge is 2.65. The van der Waals surface area contributed by atoms with Crippen molar-refractivity contribution in [3.63, 3.8) is 0 Å². The van der Waals surface area contributed by atoms with Gasteiger partial charge in [0.2, 0.25) is 0 Å². The highest BCUT2D eigenvalue weighted by atomic mass is 35.5. The first-order chi connectivity index (χ1) is 26.6.